The molecule has 2 heterocycles. The molecule has 1 aliphatic heterocycles. The van der Waals surface area contributed by atoms with Crippen molar-refractivity contribution in [1.82, 2.24) is 14.9 Å². The Morgan fingerprint density at radius 2 is 2.33 bits per heavy atom. The van der Waals surface area contributed by atoms with Crippen molar-refractivity contribution in [1.29, 1.82) is 0 Å². The van der Waals surface area contributed by atoms with Gasteiger partial charge in [-0.2, -0.15) is 0 Å². The molecule has 2 atom stereocenters. The molecule has 7 heteroatoms. The van der Waals surface area contributed by atoms with Crippen LogP contribution in [0.3, 0.4) is 0 Å². The Morgan fingerprint density at radius 3 is 3.00 bits per heavy atom. The van der Waals surface area contributed by atoms with Crippen molar-refractivity contribution in [3.05, 3.63) is 29.6 Å². The van der Waals surface area contributed by atoms with Crippen molar-refractivity contribution in [3.63, 3.8) is 0 Å². The summed E-state index contributed by atoms with van der Waals surface area (Å²) in [6, 6.07) is 5.62. The summed E-state index contributed by atoms with van der Waals surface area (Å²) in [5.41, 5.74) is 8.35. The number of carbonyl (C=O) groups is 1. The highest BCUT2D eigenvalue weighted by Crippen LogP contribution is 2.30. The average molecular weight is 290 g/mol. The van der Waals surface area contributed by atoms with Gasteiger partial charge in [0.2, 0.25) is 0 Å². The van der Waals surface area contributed by atoms with Crippen LogP contribution >= 0.6 is 0 Å². The van der Waals surface area contributed by atoms with Gasteiger partial charge in [-0.1, -0.05) is 12.1 Å². The summed E-state index contributed by atoms with van der Waals surface area (Å²) in [6.07, 6.45) is -0.255. The van der Waals surface area contributed by atoms with E-state index in [4.69, 9.17) is 10.8 Å². The zero-order valence-corrected chi connectivity index (χ0v) is 11.5. The molecule has 1 saturated heterocycles. The van der Waals surface area contributed by atoms with Crippen LogP contribution in [0.1, 0.15) is 30.1 Å². The number of aliphatic hydroxyl groups is 1. The second kappa shape index (κ2) is 5.34. The van der Waals surface area contributed by atoms with Crippen LogP contribution in [0.15, 0.2) is 18.2 Å². The number of aromatic amines is 1. The van der Waals surface area contributed by atoms with Crippen LogP contribution in [0.2, 0.25) is 0 Å². The topological polar surface area (TPSA) is 115 Å². The van der Waals surface area contributed by atoms with Gasteiger partial charge in [0.15, 0.2) is 0 Å². The number of piperidine rings is 1. The van der Waals surface area contributed by atoms with Crippen molar-refractivity contribution in [3.8, 4) is 0 Å². The minimum Gasteiger partial charge on any atom is -0.465 e. The molecule has 0 aliphatic carbocycles. The molecule has 0 saturated carbocycles. The van der Waals surface area contributed by atoms with Gasteiger partial charge in [-0.05, 0) is 18.9 Å². The third-order valence-corrected chi connectivity index (χ3v) is 4.06. The van der Waals surface area contributed by atoms with Crippen LogP contribution in [-0.4, -0.2) is 43.9 Å². The second-order valence-electron chi connectivity index (χ2n) is 5.36. The maximum Gasteiger partial charge on any atom is 0.408 e. The fraction of sp³-hybridized carbons (Fsp3) is 0.429. The number of H-pyrrole nitrogens is 1. The van der Waals surface area contributed by atoms with Gasteiger partial charge in [-0.25, -0.2) is 9.78 Å². The molecule has 1 aromatic heterocycles. The molecule has 1 aromatic carbocycles. The number of amides is 1. The summed E-state index contributed by atoms with van der Waals surface area (Å²) in [5.74, 6) is 0.918. The zero-order chi connectivity index (χ0) is 15.0. The molecule has 5 N–H and O–H groups in total. The summed E-state index contributed by atoms with van der Waals surface area (Å²) in [4.78, 5) is 20.1. The lowest BCUT2D eigenvalue weighted by molar-refractivity contribution is 0.102. The normalized spacial score (nSPS) is 22.7. The number of nitrogens with zero attached hydrogens (tertiary/aromatic N) is 2. The third kappa shape index (κ3) is 2.45. The van der Waals surface area contributed by atoms with Gasteiger partial charge in [-0.15, -0.1) is 0 Å². The molecule has 2 aromatic rings. The number of hydrogen-bond donors (Lipinski definition) is 4. The van der Waals surface area contributed by atoms with Gasteiger partial charge < -0.3 is 20.9 Å². The summed E-state index contributed by atoms with van der Waals surface area (Å²) < 4.78 is 0. The van der Waals surface area contributed by atoms with Gasteiger partial charge >= 0.3 is 6.09 Å². The van der Waals surface area contributed by atoms with Gasteiger partial charge in [0.25, 0.3) is 0 Å². The predicted molar refractivity (Wildman–Crippen MR) is 76.7 cm³/mol. The van der Waals surface area contributed by atoms with Crippen molar-refractivity contribution in [2.45, 2.75) is 31.5 Å². The minimum absolute atomic E-state index is 0.0569. The number of imidazole rings is 1. The van der Waals surface area contributed by atoms with E-state index < -0.39 is 12.3 Å². The molecule has 1 amide bonds. The zero-order valence-electron chi connectivity index (χ0n) is 11.5. The lowest BCUT2D eigenvalue weighted by atomic mass is 9.94. The monoisotopic (exact) mass is 290 g/mol. The number of benzene rings is 1. The summed E-state index contributed by atoms with van der Waals surface area (Å²) in [5, 5.41) is 18.4. The number of carboxylic acid groups (broad SMARTS) is 1. The Balaban J connectivity index is 1.87. The first kappa shape index (κ1) is 13.8. The number of hydrogen-bond acceptors (Lipinski definition) is 4. The van der Waals surface area contributed by atoms with Crippen LogP contribution in [-0.2, 0) is 6.61 Å². The number of rotatable bonds is 2. The molecule has 3 rings (SSSR count). The van der Waals surface area contributed by atoms with E-state index in [0.717, 1.165) is 22.4 Å². The summed E-state index contributed by atoms with van der Waals surface area (Å²) in [7, 11) is 0. The van der Waals surface area contributed by atoms with Crippen molar-refractivity contribution < 1.29 is 15.0 Å². The number of nitrogens with two attached hydrogens (primary N) is 1. The third-order valence-electron chi connectivity index (χ3n) is 4.06. The molecule has 2 unspecified atom stereocenters. The molecular formula is C14H18N4O3. The Labute approximate surface area is 121 Å². The van der Waals surface area contributed by atoms with E-state index >= 15 is 0 Å². The lowest BCUT2D eigenvalue weighted by Crippen LogP contribution is -2.50. The quantitative estimate of drug-likeness (QED) is 0.663. The fourth-order valence-corrected chi connectivity index (χ4v) is 2.91. The maximum atomic E-state index is 11.0. The highest BCUT2D eigenvalue weighted by Gasteiger charge is 2.31. The highest BCUT2D eigenvalue weighted by atomic mass is 16.4. The number of aliphatic hydroxyl groups excluding tert-OH is 1. The lowest BCUT2D eigenvalue weighted by Gasteiger charge is -2.34. The van der Waals surface area contributed by atoms with E-state index in [1.807, 2.05) is 18.2 Å². The van der Waals surface area contributed by atoms with Gasteiger partial charge in [0.05, 0.1) is 23.8 Å². The first-order valence-electron chi connectivity index (χ1n) is 6.93. The van der Waals surface area contributed by atoms with E-state index in [1.165, 1.54) is 4.90 Å². The number of likely N-dealkylation sites (tertiary alicyclic amines) is 1. The Kier molecular flexibility index (Phi) is 3.52. The molecular weight excluding hydrogens is 272 g/mol. The van der Waals surface area contributed by atoms with Crippen LogP contribution in [0.25, 0.3) is 11.0 Å². The minimum atomic E-state index is -0.979. The number of aromatic nitrogens is 2. The smallest absolute Gasteiger partial charge is 0.408 e. The fourth-order valence-electron chi connectivity index (χ4n) is 2.91. The second-order valence-corrected chi connectivity index (χ2v) is 5.36. The maximum absolute atomic E-state index is 11.0. The standard InChI is InChI=1S/C14H18N4O3/c15-11-6-8(4-5-18(11)14(20)21)13-16-10-3-1-2-9(7-19)12(10)17-13/h1-3,8,11,19H,4-7,15H2,(H,16,17)(H,20,21). The molecule has 0 spiro atoms. The van der Waals surface area contributed by atoms with Crippen molar-refractivity contribution >= 4 is 17.1 Å². The number of nitrogens with one attached hydrogen (secondary N) is 1. The van der Waals surface area contributed by atoms with Crippen LogP contribution in [0.4, 0.5) is 4.79 Å². The molecule has 21 heavy (non-hydrogen) atoms. The van der Waals surface area contributed by atoms with E-state index in [0.29, 0.717) is 19.4 Å². The Bertz CT molecular complexity index is 669. The van der Waals surface area contributed by atoms with Crippen LogP contribution in [0, 0.1) is 0 Å². The molecule has 1 aliphatic rings. The van der Waals surface area contributed by atoms with E-state index in [-0.39, 0.29) is 12.5 Å². The summed E-state index contributed by atoms with van der Waals surface area (Å²) >= 11 is 0. The number of para-hydroxylation sites is 1. The average Bonchev–Trinajstić information content (AvgIpc) is 2.90. The molecule has 112 valence electrons. The van der Waals surface area contributed by atoms with E-state index in [1.54, 1.807) is 0 Å². The first-order chi connectivity index (χ1) is 10.1. The van der Waals surface area contributed by atoms with Crippen molar-refractivity contribution in [2.75, 3.05) is 6.54 Å². The number of fused-ring (bicyclic) bond motifs is 1. The van der Waals surface area contributed by atoms with Crippen molar-refractivity contribution in [2.24, 2.45) is 5.73 Å². The van der Waals surface area contributed by atoms with Gasteiger partial charge in [0.1, 0.15) is 5.82 Å². The highest BCUT2D eigenvalue weighted by molar-refractivity contribution is 5.78. The largest absolute Gasteiger partial charge is 0.465 e. The molecule has 0 radical (unpaired) electrons. The predicted octanol–water partition coefficient (Wildman–Crippen LogP) is 1.20. The molecule has 1 fully saturated rings. The molecule has 7 nitrogen and oxygen atoms in total. The Morgan fingerprint density at radius 1 is 1.52 bits per heavy atom. The van der Waals surface area contributed by atoms with Crippen LogP contribution in [0.5, 0.6) is 0 Å². The SMILES string of the molecule is NC1CC(c2nc3c(CO)cccc3[nH]2)CCN1C(=O)O. The van der Waals surface area contributed by atoms with E-state index in [2.05, 4.69) is 9.97 Å². The van der Waals surface area contributed by atoms with Crippen LogP contribution < -0.4 is 5.73 Å². The summed E-state index contributed by atoms with van der Waals surface area (Å²) in [6.45, 7) is 0.351. The van der Waals surface area contributed by atoms with Gasteiger partial charge in [-0.3, -0.25) is 4.90 Å². The van der Waals surface area contributed by atoms with Gasteiger partial charge in [0, 0.05) is 18.0 Å². The molecule has 0 bridgehead atoms. The van der Waals surface area contributed by atoms with E-state index in [9.17, 15) is 9.90 Å². The first-order valence-corrected chi connectivity index (χ1v) is 6.93. The Hall–Kier alpha value is -2.12.